The number of nitrogens with zero attached hydrogens (tertiary/aromatic N) is 4. The first-order chi connectivity index (χ1) is 13.5. The van der Waals surface area contributed by atoms with E-state index in [0.29, 0.717) is 37.6 Å². The van der Waals surface area contributed by atoms with Crippen LogP contribution >= 0.6 is 11.6 Å². The Morgan fingerprint density at radius 2 is 2.04 bits per heavy atom. The smallest absolute Gasteiger partial charge is 0.220 e. The number of halogens is 2. The molecule has 0 saturated carbocycles. The number of carbonyl (C=O) groups excluding carboxylic acids is 1. The van der Waals surface area contributed by atoms with Gasteiger partial charge in [-0.3, -0.25) is 4.79 Å². The van der Waals surface area contributed by atoms with E-state index in [2.05, 4.69) is 25.9 Å². The maximum Gasteiger partial charge on any atom is 0.220 e. The maximum atomic E-state index is 13.1. The Kier molecular flexibility index (Phi) is 6.54. The van der Waals surface area contributed by atoms with Gasteiger partial charge in [0.1, 0.15) is 11.6 Å². The van der Waals surface area contributed by atoms with Gasteiger partial charge >= 0.3 is 0 Å². The van der Waals surface area contributed by atoms with Gasteiger partial charge < -0.3 is 10.6 Å². The van der Waals surface area contributed by atoms with Crippen LogP contribution in [-0.2, 0) is 11.2 Å². The van der Waals surface area contributed by atoms with Crippen molar-refractivity contribution in [2.45, 2.75) is 19.8 Å². The summed E-state index contributed by atoms with van der Waals surface area (Å²) in [6.07, 6.45) is 2.63. The molecule has 0 atom stereocenters. The molecule has 1 aromatic carbocycles. The first kappa shape index (κ1) is 19.8. The highest BCUT2D eigenvalue weighted by Gasteiger charge is 2.05. The van der Waals surface area contributed by atoms with Crippen molar-refractivity contribution in [2.75, 3.05) is 18.4 Å². The summed E-state index contributed by atoms with van der Waals surface area (Å²) in [6.45, 7) is 2.87. The molecule has 3 aromatic rings. The number of carbonyl (C=O) groups is 1. The average molecular weight is 403 g/mol. The average Bonchev–Trinajstić information content (AvgIpc) is 3.13. The molecule has 9 heteroatoms. The third-order valence-corrected chi connectivity index (χ3v) is 4.28. The first-order valence-electron chi connectivity index (χ1n) is 8.82. The Morgan fingerprint density at radius 1 is 1.18 bits per heavy atom. The second-order valence-corrected chi connectivity index (χ2v) is 6.61. The van der Waals surface area contributed by atoms with E-state index in [1.807, 2.05) is 25.3 Å². The summed E-state index contributed by atoms with van der Waals surface area (Å²) in [4.78, 5) is 11.9. The van der Waals surface area contributed by atoms with E-state index in [0.717, 1.165) is 11.3 Å². The molecule has 2 aromatic heterocycles. The van der Waals surface area contributed by atoms with Crippen LogP contribution in [0.3, 0.4) is 0 Å². The number of aromatic nitrogens is 4. The van der Waals surface area contributed by atoms with E-state index in [9.17, 15) is 9.18 Å². The fraction of sp³-hybridized carbons (Fsp3) is 0.263. The Bertz CT molecular complexity index is 944. The highest BCUT2D eigenvalue weighted by molar-refractivity contribution is 6.30. The molecule has 0 unspecified atom stereocenters. The lowest BCUT2D eigenvalue weighted by atomic mass is 10.1. The SMILES string of the molecule is Cc1ccn(-c2ccc(NCCNC(=O)CCc3ccc(F)c(Cl)c3)nn2)n1. The van der Waals surface area contributed by atoms with Gasteiger partial charge in [0.15, 0.2) is 5.82 Å². The Morgan fingerprint density at radius 3 is 2.71 bits per heavy atom. The quantitative estimate of drug-likeness (QED) is 0.566. The molecule has 0 saturated heterocycles. The lowest BCUT2D eigenvalue weighted by Crippen LogP contribution is -2.29. The summed E-state index contributed by atoms with van der Waals surface area (Å²) in [5.74, 6) is 0.699. The van der Waals surface area contributed by atoms with Gasteiger partial charge in [0.05, 0.1) is 10.7 Å². The lowest BCUT2D eigenvalue weighted by molar-refractivity contribution is -0.120. The minimum Gasteiger partial charge on any atom is -0.367 e. The van der Waals surface area contributed by atoms with E-state index >= 15 is 0 Å². The number of benzene rings is 1. The van der Waals surface area contributed by atoms with Gasteiger partial charge in [0.25, 0.3) is 0 Å². The molecular formula is C19H20ClFN6O. The van der Waals surface area contributed by atoms with Gasteiger partial charge in [-0.05, 0) is 49.2 Å². The Balaban J connectivity index is 1.37. The summed E-state index contributed by atoms with van der Waals surface area (Å²) in [6, 6.07) is 9.98. The zero-order valence-corrected chi connectivity index (χ0v) is 16.1. The van der Waals surface area contributed by atoms with Crippen molar-refractivity contribution < 1.29 is 9.18 Å². The van der Waals surface area contributed by atoms with E-state index < -0.39 is 5.82 Å². The van der Waals surface area contributed by atoms with Gasteiger partial charge in [0.2, 0.25) is 5.91 Å². The number of hydrogen-bond donors (Lipinski definition) is 2. The third-order valence-electron chi connectivity index (χ3n) is 3.99. The molecule has 146 valence electrons. The van der Waals surface area contributed by atoms with Crippen molar-refractivity contribution in [3.8, 4) is 5.82 Å². The van der Waals surface area contributed by atoms with Crippen molar-refractivity contribution in [1.82, 2.24) is 25.3 Å². The highest BCUT2D eigenvalue weighted by Crippen LogP contribution is 2.16. The van der Waals surface area contributed by atoms with Crippen LogP contribution in [0.15, 0.2) is 42.6 Å². The summed E-state index contributed by atoms with van der Waals surface area (Å²) < 4.78 is 14.8. The second-order valence-electron chi connectivity index (χ2n) is 6.20. The summed E-state index contributed by atoms with van der Waals surface area (Å²) in [7, 11) is 0. The fourth-order valence-electron chi connectivity index (χ4n) is 2.52. The summed E-state index contributed by atoms with van der Waals surface area (Å²) in [5, 5.41) is 18.5. The van der Waals surface area contributed by atoms with Crippen molar-refractivity contribution >= 4 is 23.3 Å². The molecule has 28 heavy (non-hydrogen) atoms. The molecule has 0 bridgehead atoms. The standard InChI is InChI=1S/C19H20ClFN6O/c1-13-8-11-27(26-13)18-6-5-17(24-25-18)22-9-10-23-19(28)7-3-14-2-4-16(21)15(20)12-14/h2,4-6,8,11-12H,3,7,9-10H2,1H3,(H,22,24)(H,23,28). The number of amides is 1. The largest absolute Gasteiger partial charge is 0.367 e. The van der Waals surface area contributed by atoms with Gasteiger partial charge in [-0.1, -0.05) is 17.7 Å². The van der Waals surface area contributed by atoms with E-state index in [-0.39, 0.29) is 10.9 Å². The van der Waals surface area contributed by atoms with E-state index in [1.54, 1.807) is 22.9 Å². The molecular weight excluding hydrogens is 383 g/mol. The molecule has 0 aliphatic carbocycles. The molecule has 0 fully saturated rings. The van der Waals surface area contributed by atoms with Gasteiger partial charge in [0, 0.05) is 25.7 Å². The van der Waals surface area contributed by atoms with Gasteiger partial charge in [-0.25, -0.2) is 9.07 Å². The van der Waals surface area contributed by atoms with Crippen molar-refractivity contribution in [1.29, 1.82) is 0 Å². The first-order valence-corrected chi connectivity index (χ1v) is 9.20. The Labute approximate surface area is 166 Å². The van der Waals surface area contributed by atoms with Crippen molar-refractivity contribution in [3.63, 3.8) is 0 Å². The van der Waals surface area contributed by atoms with E-state index in [1.165, 1.54) is 6.07 Å². The highest BCUT2D eigenvalue weighted by atomic mass is 35.5. The van der Waals surface area contributed by atoms with Crippen LogP contribution in [0.1, 0.15) is 17.7 Å². The molecule has 2 heterocycles. The summed E-state index contributed by atoms with van der Waals surface area (Å²) in [5.41, 5.74) is 1.73. The van der Waals surface area contributed by atoms with Gasteiger partial charge in [-0.2, -0.15) is 5.10 Å². The molecule has 0 spiro atoms. The van der Waals surface area contributed by atoms with Crippen LogP contribution in [0.5, 0.6) is 0 Å². The van der Waals surface area contributed by atoms with Crippen molar-refractivity contribution in [2.24, 2.45) is 0 Å². The molecule has 3 rings (SSSR count). The molecule has 7 nitrogen and oxygen atoms in total. The summed E-state index contributed by atoms with van der Waals surface area (Å²) >= 11 is 5.74. The minimum atomic E-state index is -0.461. The molecule has 0 radical (unpaired) electrons. The molecule has 0 aliphatic rings. The van der Waals surface area contributed by atoms with E-state index in [4.69, 9.17) is 11.6 Å². The topological polar surface area (TPSA) is 84.7 Å². The second kappa shape index (κ2) is 9.27. The van der Waals surface area contributed by atoms with Gasteiger partial charge in [-0.15, -0.1) is 10.2 Å². The zero-order chi connectivity index (χ0) is 19.9. The van der Waals surface area contributed by atoms with Crippen molar-refractivity contribution in [3.05, 3.63) is 64.7 Å². The number of hydrogen-bond acceptors (Lipinski definition) is 5. The van der Waals surface area contributed by atoms with Crippen LogP contribution in [0.25, 0.3) is 5.82 Å². The number of anilines is 1. The normalized spacial score (nSPS) is 10.7. The fourth-order valence-corrected chi connectivity index (χ4v) is 2.72. The molecule has 1 amide bonds. The lowest BCUT2D eigenvalue weighted by Gasteiger charge is -2.08. The number of rotatable bonds is 8. The monoisotopic (exact) mass is 402 g/mol. The van der Waals surface area contributed by atoms with Crippen LogP contribution in [-0.4, -0.2) is 39.0 Å². The van der Waals surface area contributed by atoms with Crippen LogP contribution in [0.2, 0.25) is 5.02 Å². The molecule has 0 aliphatic heterocycles. The maximum absolute atomic E-state index is 13.1. The van der Waals surface area contributed by atoms with Crippen LogP contribution < -0.4 is 10.6 Å². The number of aryl methyl sites for hydroxylation is 2. The number of nitrogens with one attached hydrogen (secondary N) is 2. The predicted octanol–water partition coefficient (Wildman–Crippen LogP) is 2.92. The zero-order valence-electron chi connectivity index (χ0n) is 15.3. The third kappa shape index (κ3) is 5.50. The molecule has 2 N–H and O–H groups in total. The van der Waals surface area contributed by atoms with Crippen LogP contribution in [0, 0.1) is 12.7 Å². The predicted molar refractivity (Wildman–Crippen MR) is 105 cm³/mol. The minimum absolute atomic E-state index is 0.0666. The van der Waals surface area contributed by atoms with Crippen LogP contribution in [0.4, 0.5) is 10.2 Å². The Hall–Kier alpha value is -3.00.